The highest BCUT2D eigenvalue weighted by atomic mass is 35.5. The molecule has 1 atom stereocenters. The molecule has 14 heteroatoms. The number of nitrogens with zero attached hydrogens (tertiary/aromatic N) is 3. The molecule has 0 saturated heterocycles. The first-order chi connectivity index (χ1) is 18.7. The molecular weight excluding hydrogens is 606 g/mol. The van der Waals surface area contributed by atoms with Crippen LogP contribution in [0.4, 0.5) is 13.2 Å². The molecule has 0 aliphatic rings. The number of hydrogen-bond acceptors (Lipinski definition) is 6. The number of benzene rings is 1. The summed E-state index contributed by atoms with van der Waals surface area (Å²) in [6, 6.07) is 9.21. The second-order valence-electron chi connectivity index (χ2n) is 10.6. The van der Waals surface area contributed by atoms with Crippen molar-refractivity contribution >= 4 is 49.7 Å². The SMILES string of the molecule is Cc1cc(C(F)(F)F)nc2c1cc(C(O)c1c(Cl)ncc(C(=O)OC(C)(C)C)c1Cl)n2S(C)(=O)(O)c1ccccc1. The van der Waals surface area contributed by atoms with Gasteiger partial charge in [0.05, 0.1) is 21.2 Å². The fraction of sp³-hybridized carbons (Fsp3) is 0.296. The van der Waals surface area contributed by atoms with Crippen LogP contribution in [0.5, 0.6) is 0 Å². The summed E-state index contributed by atoms with van der Waals surface area (Å²) in [6.07, 6.45) is -4.85. The molecule has 8 nitrogen and oxygen atoms in total. The van der Waals surface area contributed by atoms with Gasteiger partial charge in [0.1, 0.15) is 22.6 Å². The number of halogens is 5. The Balaban J connectivity index is 2.08. The van der Waals surface area contributed by atoms with Crippen molar-refractivity contribution in [3.05, 3.63) is 86.9 Å². The number of ether oxygens (including phenoxy) is 1. The lowest BCUT2D eigenvalue weighted by atomic mass is 10.1. The van der Waals surface area contributed by atoms with Crippen LogP contribution in [0, 0.1) is 6.92 Å². The molecule has 0 aliphatic heterocycles. The summed E-state index contributed by atoms with van der Waals surface area (Å²) in [5.74, 6) is -0.878. The maximum absolute atomic E-state index is 14.5. The monoisotopic (exact) mass is 631 g/mol. The molecular formula is C27H26Cl2F3N3O5S. The zero-order valence-electron chi connectivity index (χ0n) is 22.5. The van der Waals surface area contributed by atoms with E-state index < -0.39 is 44.7 Å². The number of aliphatic hydroxyl groups is 1. The van der Waals surface area contributed by atoms with E-state index >= 15 is 0 Å². The molecule has 0 spiro atoms. The first kappa shape index (κ1) is 30.9. The van der Waals surface area contributed by atoms with Gasteiger partial charge in [0.25, 0.3) is 0 Å². The molecule has 3 aromatic heterocycles. The van der Waals surface area contributed by atoms with E-state index in [2.05, 4.69) is 9.97 Å². The van der Waals surface area contributed by atoms with Crippen molar-refractivity contribution in [1.82, 2.24) is 13.9 Å². The number of carbonyl (C=O) groups is 1. The highest BCUT2D eigenvalue weighted by Crippen LogP contribution is 2.44. The molecule has 41 heavy (non-hydrogen) atoms. The highest BCUT2D eigenvalue weighted by molar-refractivity contribution is 8.13. The number of rotatable bonds is 5. The summed E-state index contributed by atoms with van der Waals surface area (Å²) in [6.45, 7) is 6.26. The molecule has 4 aromatic rings. The van der Waals surface area contributed by atoms with E-state index in [9.17, 15) is 31.8 Å². The number of aromatic nitrogens is 3. The van der Waals surface area contributed by atoms with Crippen molar-refractivity contribution in [1.29, 1.82) is 0 Å². The average molecular weight is 632 g/mol. The Hall–Kier alpha value is -3.03. The molecule has 4 rings (SSSR count). The third kappa shape index (κ3) is 5.71. The van der Waals surface area contributed by atoms with Gasteiger partial charge in [0.15, 0.2) is 5.65 Å². The molecule has 2 N–H and O–H groups in total. The number of alkyl halides is 3. The lowest BCUT2D eigenvalue weighted by molar-refractivity contribution is -0.141. The van der Waals surface area contributed by atoms with Gasteiger partial charge in [0.2, 0.25) is 0 Å². The van der Waals surface area contributed by atoms with Crippen molar-refractivity contribution in [2.24, 2.45) is 0 Å². The van der Waals surface area contributed by atoms with Gasteiger partial charge >= 0.3 is 12.1 Å². The Labute approximate surface area is 243 Å². The quantitative estimate of drug-likeness (QED) is 0.183. The number of carbonyl (C=O) groups excluding carboxylic acids is 1. The number of aryl methyl sites for hydroxylation is 1. The second kappa shape index (κ2) is 10.1. The number of esters is 1. The number of pyridine rings is 2. The van der Waals surface area contributed by atoms with Gasteiger partial charge in [-0.3, -0.25) is 4.55 Å². The van der Waals surface area contributed by atoms with E-state index in [0.717, 1.165) is 18.5 Å². The second-order valence-corrected chi connectivity index (χ2v) is 14.6. The van der Waals surface area contributed by atoms with Gasteiger partial charge in [-0.2, -0.15) is 17.4 Å². The zero-order chi connectivity index (χ0) is 30.7. The summed E-state index contributed by atoms with van der Waals surface area (Å²) < 4.78 is 73.7. The van der Waals surface area contributed by atoms with Gasteiger partial charge in [0, 0.05) is 23.4 Å². The van der Waals surface area contributed by atoms with E-state index in [0.29, 0.717) is 3.97 Å². The Morgan fingerprint density at radius 3 is 2.29 bits per heavy atom. The van der Waals surface area contributed by atoms with E-state index in [1.807, 2.05) is 0 Å². The molecule has 0 radical (unpaired) electrons. The number of aliphatic hydroxyl groups excluding tert-OH is 1. The Bertz CT molecular complexity index is 1750. The van der Waals surface area contributed by atoms with Gasteiger partial charge in [-0.1, -0.05) is 50.9 Å². The lowest BCUT2D eigenvalue weighted by Gasteiger charge is -2.42. The van der Waals surface area contributed by atoms with Crippen LogP contribution in [0.25, 0.3) is 11.0 Å². The van der Waals surface area contributed by atoms with E-state index in [1.165, 1.54) is 37.3 Å². The topological polar surface area (TPSA) is 115 Å². The Morgan fingerprint density at radius 1 is 1.12 bits per heavy atom. The summed E-state index contributed by atoms with van der Waals surface area (Å²) >= 11 is 12.8. The molecule has 0 bridgehead atoms. The van der Waals surface area contributed by atoms with Crippen LogP contribution >= 0.6 is 23.2 Å². The van der Waals surface area contributed by atoms with Gasteiger partial charge in [-0.25, -0.2) is 18.7 Å². The van der Waals surface area contributed by atoms with Gasteiger partial charge in [-0.15, -0.1) is 0 Å². The van der Waals surface area contributed by atoms with E-state index in [-0.39, 0.29) is 42.8 Å². The van der Waals surface area contributed by atoms with Crippen molar-refractivity contribution in [2.45, 2.75) is 50.5 Å². The van der Waals surface area contributed by atoms with Crippen LogP contribution < -0.4 is 0 Å². The lowest BCUT2D eigenvalue weighted by Crippen LogP contribution is -2.40. The van der Waals surface area contributed by atoms with Crippen molar-refractivity contribution in [3.63, 3.8) is 0 Å². The maximum Gasteiger partial charge on any atom is 0.433 e. The third-order valence-corrected chi connectivity index (χ3v) is 9.46. The van der Waals surface area contributed by atoms with Gasteiger partial charge in [-0.05, 0) is 57.5 Å². The maximum atomic E-state index is 14.5. The van der Waals surface area contributed by atoms with Crippen LogP contribution in [0.15, 0.2) is 53.6 Å². The fourth-order valence-corrected chi connectivity index (χ4v) is 7.10. The molecule has 0 saturated carbocycles. The first-order valence-electron chi connectivity index (χ1n) is 12.0. The van der Waals surface area contributed by atoms with Crippen LogP contribution in [-0.2, 0) is 20.4 Å². The molecule has 0 amide bonds. The third-order valence-electron chi connectivity index (χ3n) is 6.15. The smallest absolute Gasteiger partial charge is 0.433 e. The Kier molecular flexibility index (Phi) is 7.58. The molecule has 1 aromatic carbocycles. The Morgan fingerprint density at radius 2 is 1.73 bits per heavy atom. The minimum atomic E-state index is -5.32. The van der Waals surface area contributed by atoms with Crippen molar-refractivity contribution in [3.8, 4) is 0 Å². The standard InChI is InChI=1S/C27H26Cl2F3N3O5S/c1-14-11-19(27(30,31)32)34-24-16(14)12-18(35(24)41(5,38,39)15-9-7-6-8-10-15)22(36)20-21(28)17(13-33-23(20)29)25(37)40-26(2,3)4/h6-13,22,36H,1-5H3,(H,38,39). The van der Waals surface area contributed by atoms with Gasteiger partial charge < -0.3 is 9.84 Å². The van der Waals surface area contributed by atoms with E-state index in [1.54, 1.807) is 26.8 Å². The highest BCUT2D eigenvalue weighted by Gasteiger charge is 2.39. The van der Waals surface area contributed by atoms with Crippen molar-refractivity contribution in [2.75, 3.05) is 6.26 Å². The number of fused-ring (bicyclic) bond motifs is 1. The van der Waals surface area contributed by atoms with Crippen LogP contribution in [0.2, 0.25) is 10.2 Å². The summed E-state index contributed by atoms with van der Waals surface area (Å²) in [5, 5.41) is 11.0. The number of hydrogen-bond donors (Lipinski definition) is 2. The van der Waals surface area contributed by atoms with Crippen LogP contribution in [0.3, 0.4) is 0 Å². The molecule has 3 heterocycles. The van der Waals surface area contributed by atoms with Crippen LogP contribution in [-0.4, -0.2) is 45.6 Å². The predicted octanol–water partition coefficient (Wildman–Crippen LogP) is 6.85. The fourth-order valence-electron chi connectivity index (χ4n) is 4.29. The normalized spacial score (nSPS) is 14.5. The average Bonchev–Trinajstić information content (AvgIpc) is 3.24. The molecule has 220 valence electrons. The summed E-state index contributed by atoms with van der Waals surface area (Å²) in [7, 11) is -5.32. The van der Waals surface area contributed by atoms with Crippen molar-refractivity contribution < 1.29 is 36.6 Å². The first-order valence-corrected chi connectivity index (χ1v) is 15.1. The molecule has 0 fully saturated rings. The predicted molar refractivity (Wildman–Crippen MR) is 150 cm³/mol. The molecule has 1 unspecified atom stereocenters. The van der Waals surface area contributed by atoms with E-state index in [4.69, 9.17) is 27.9 Å². The summed E-state index contributed by atoms with van der Waals surface area (Å²) in [4.78, 5) is 20.3. The summed E-state index contributed by atoms with van der Waals surface area (Å²) in [5.41, 5.74) is -3.60. The minimum Gasteiger partial charge on any atom is -0.456 e. The zero-order valence-corrected chi connectivity index (χ0v) is 24.8. The largest absolute Gasteiger partial charge is 0.456 e. The molecule has 0 aliphatic carbocycles. The van der Waals surface area contributed by atoms with Crippen LogP contribution in [0.1, 0.15) is 59.7 Å². The minimum absolute atomic E-state index is 0.0567.